The number of benzene rings is 1. The third-order valence-electron chi connectivity index (χ3n) is 4.43. The molecule has 2 heterocycles. The molecule has 0 radical (unpaired) electrons. The first-order valence-corrected chi connectivity index (χ1v) is 9.03. The Balaban J connectivity index is 0.00000208. The topological polar surface area (TPSA) is 84.5 Å². The van der Waals surface area contributed by atoms with Crippen LogP contribution in [-0.2, 0) is 14.8 Å². The van der Waals surface area contributed by atoms with Gasteiger partial charge in [0.05, 0.1) is 17.6 Å². The van der Waals surface area contributed by atoms with Crippen LogP contribution in [0.15, 0.2) is 23.1 Å². The van der Waals surface area contributed by atoms with Crippen LogP contribution >= 0.6 is 12.4 Å². The average Bonchev–Trinajstić information content (AvgIpc) is 2.85. The van der Waals surface area contributed by atoms with Crippen LogP contribution in [0.5, 0.6) is 0 Å². The second-order valence-electron chi connectivity index (χ2n) is 6.06. The van der Waals surface area contributed by atoms with Gasteiger partial charge in [-0.2, -0.15) is 0 Å². The summed E-state index contributed by atoms with van der Waals surface area (Å²) in [6.45, 7) is 0. The van der Waals surface area contributed by atoms with E-state index >= 15 is 0 Å². The van der Waals surface area contributed by atoms with Gasteiger partial charge in [0.25, 0.3) is 0 Å². The Morgan fingerprint density at radius 2 is 1.92 bits per heavy atom. The molecule has 1 aromatic rings. The summed E-state index contributed by atoms with van der Waals surface area (Å²) < 4.78 is 45.9. The maximum atomic E-state index is 13.5. The highest BCUT2D eigenvalue weighted by molar-refractivity contribution is 7.89. The van der Waals surface area contributed by atoms with Gasteiger partial charge >= 0.3 is 5.97 Å². The van der Waals surface area contributed by atoms with Crippen molar-refractivity contribution in [2.45, 2.75) is 48.7 Å². The maximum Gasteiger partial charge on any atom is 0.339 e. The minimum absolute atomic E-state index is 0. The van der Waals surface area contributed by atoms with E-state index in [-0.39, 0.29) is 28.9 Å². The normalized spacial score (nSPS) is 25.8. The number of carbonyl (C=O) groups is 1. The monoisotopic (exact) mass is 378 g/mol. The number of esters is 1. The lowest BCUT2D eigenvalue weighted by Crippen LogP contribution is -2.48. The summed E-state index contributed by atoms with van der Waals surface area (Å²) in [5.41, 5.74) is -0.168. The van der Waals surface area contributed by atoms with Gasteiger partial charge in [-0.3, -0.25) is 0 Å². The van der Waals surface area contributed by atoms with E-state index in [0.717, 1.165) is 38.2 Å². The van der Waals surface area contributed by atoms with Gasteiger partial charge in [-0.05, 0) is 43.9 Å². The number of hydrogen-bond acceptors (Lipinski definition) is 5. The third-order valence-corrected chi connectivity index (χ3v) is 5.99. The molecule has 0 aliphatic carbocycles. The Morgan fingerprint density at radius 1 is 1.29 bits per heavy atom. The Hall–Kier alpha value is -1.22. The predicted molar refractivity (Wildman–Crippen MR) is 88.3 cm³/mol. The number of ether oxygens (including phenoxy) is 1. The molecule has 2 saturated heterocycles. The predicted octanol–water partition coefficient (Wildman–Crippen LogP) is 1.60. The number of sulfonamides is 1. The van der Waals surface area contributed by atoms with Gasteiger partial charge in [0.15, 0.2) is 0 Å². The lowest BCUT2D eigenvalue weighted by atomic mass is 10.0. The molecule has 134 valence electrons. The zero-order valence-electron chi connectivity index (χ0n) is 13.1. The molecular formula is C15H20ClFN2O4S. The smallest absolute Gasteiger partial charge is 0.339 e. The molecule has 1 aromatic carbocycles. The molecule has 2 aliphatic rings. The molecule has 2 N–H and O–H groups in total. The first kappa shape index (κ1) is 19.1. The molecule has 0 spiro atoms. The number of hydrogen-bond donors (Lipinski definition) is 2. The number of methoxy groups -OCH3 is 1. The Kier molecular flexibility index (Phi) is 5.85. The van der Waals surface area contributed by atoms with E-state index in [4.69, 9.17) is 0 Å². The van der Waals surface area contributed by atoms with E-state index in [1.807, 2.05) is 0 Å². The van der Waals surface area contributed by atoms with E-state index < -0.39 is 21.8 Å². The van der Waals surface area contributed by atoms with Crippen molar-refractivity contribution in [1.82, 2.24) is 10.0 Å². The van der Waals surface area contributed by atoms with Crippen molar-refractivity contribution in [3.8, 4) is 0 Å². The van der Waals surface area contributed by atoms with Crippen LogP contribution in [0.25, 0.3) is 0 Å². The second-order valence-corrected chi connectivity index (χ2v) is 7.74. The fraction of sp³-hybridized carbons (Fsp3) is 0.533. The lowest BCUT2D eigenvalue weighted by Gasteiger charge is -2.29. The summed E-state index contributed by atoms with van der Waals surface area (Å²) in [5.74, 6) is -1.53. The molecule has 2 aliphatic heterocycles. The molecule has 9 heteroatoms. The summed E-state index contributed by atoms with van der Waals surface area (Å²) in [6, 6.07) is 3.43. The number of nitrogens with one attached hydrogen (secondary N) is 2. The van der Waals surface area contributed by atoms with Gasteiger partial charge in [0, 0.05) is 18.1 Å². The highest BCUT2D eigenvalue weighted by atomic mass is 35.5. The van der Waals surface area contributed by atoms with Gasteiger partial charge in [-0.1, -0.05) is 0 Å². The van der Waals surface area contributed by atoms with Gasteiger partial charge in [0.1, 0.15) is 5.82 Å². The van der Waals surface area contributed by atoms with Gasteiger partial charge in [0.2, 0.25) is 10.0 Å². The van der Waals surface area contributed by atoms with Crippen LogP contribution in [0.1, 0.15) is 36.0 Å². The SMILES string of the molecule is COC(=O)c1ccc(F)cc1S(=O)(=O)NC1CC2CCC(C1)N2.Cl. The fourth-order valence-electron chi connectivity index (χ4n) is 3.43. The van der Waals surface area contributed by atoms with E-state index in [1.165, 1.54) is 0 Å². The van der Waals surface area contributed by atoms with Crippen LogP contribution < -0.4 is 10.0 Å². The standard InChI is InChI=1S/C15H19FN2O4S.ClH/c1-22-15(19)13-5-2-9(16)6-14(13)23(20,21)18-12-7-10-3-4-11(8-12)17-10;/h2,5-6,10-12,17-18H,3-4,7-8H2,1H3;1H. The number of fused-ring (bicyclic) bond motifs is 2. The van der Waals surface area contributed by atoms with Gasteiger partial charge < -0.3 is 10.1 Å². The fourth-order valence-corrected chi connectivity index (χ4v) is 4.90. The van der Waals surface area contributed by atoms with Crippen LogP contribution in [-0.4, -0.2) is 39.6 Å². The summed E-state index contributed by atoms with van der Waals surface area (Å²) in [5, 5.41) is 3.42. The number of rotatable bonds is 4. The molecule has 3 rings (SSSR count). The van der Waals surface area contributed by atoms with Crippen LogP contribution in [0, 0.1) is 5.82 Å². The van der Waals surface area contributed by atoms with Crippen molar-refractivity contribution >= 4 is 28.4 Å². The Morgan fingerprint density at radius 3 is 2.50 bits per heavy atom. The average molecular weight is 379 g/mol. The largest absolute Gasteiger partial charge is 0.465 e. The lowest BCUT2D eigenvalue weighted by molar-refractivity contribution is 0.0596. The minimum Gasteiger partial charge on any atom is -0.465 e. The highest BCUT2D eigenvalue weighted by Crippen LogP contribution is 2.28. The molecule has 0 amide bonds. The Labute approximate surface area is 146 Å². The zero-order chi connectivity index (χ0) is 16.6. The van der Waals surface area contributed by atoms with E-state index in [0.29, 0.717) is 24.9 Å². The van der Waals surface area contributed by atoms with Crippen molar-refractivity contribution in [2.75, 3.05) is 7.11 Å². The molecule has 2 fully saturated rings. The van der Waals surface area contributed by atoms with Gasteiger partial charge in [-0.25, -0.2) is 22.3 Å². The first-order chi connectivity index (χ1) is 10.9. The van der Waals surface area contributed by atoms with Crippen molar-refractivity contribution in [3.05, 3.63) is 29.6 Å². The first-order valence-electron chi connectivity index (χ1n) is 7.55. The Bertz CT molecular complexity index is 716. The van der Waals surface area contributed by atoms with E-state index in [9.17, 15) is 17.6 Å². The molecule has 2 atom stereocenters. The molecule has 0 saturated carbocycles. The highest BCUT2D eigenvalue weighted by Gasteiger charge is 2.36. The van der Waals surface area contributed by atoms with Crippen molar-refractivity contribution in [1.29, 1.82) is 0 Å². The second kappa shape index (κ2) is 7.35. The van der Waals surface area contributed by atoms with Crippen LogP contribution in [0.2, 0.25) is 0 Å². The number of piperidine rings is 1. The summed E-state index contributed by atoms with van der Waals surface area (Å²) in [4.78, 5) is 11.4. The molecule has 2 bridgehead atoms. The van der Waals surface area contributed by atoms with E-state index in [1.54, 1.807) is 0 Å². The quantitative estimate of drug-likeness (QED) is 0.777. The minimum atomic E-state index is -4.01. The number of halogens is 2. The molecule has 24 heavy (non-hydrogen) atoms. The molecule has 0 aromatic heterocycles. The summed E-state index contributed by atoms with van der Waals surface area (Å²) in [6.07, 6.45) is 3.46. The molecule has 2 unspecified atom stereocenters. The summed E-state index contributed by atoms with van der Waals surface area (Å²) in [7, 11) is -2.85. The van der Waals surface area contributed by atoms with Crippen molar-refractivity contribution in [3.63, 3.8) is 0 Å². The molecular weight excluding hydrogens is 359 g/mol. The van der Waals surface area contributed by atoms with Crippen LogP contribution in [0.4, 0.5) is 4.39 Å². The molecule has 6 nitrogen and oxygen atoms in total. The summed E-state index contributed by atoms with van der Waals surface area (Å²) >= 11 is 0. The number of carbonyl (C=O) groups excluding carboxylic acids is 1. The van der Waals surface area contributed by atoms with Gasteiger partial charge in [-0.15, -0.1) is 12.4 Å². The maximum absolute atomic E-state index is 13.5. The van der Waals surface area contributed by atoms with Crippen LogP contribution in [0.3, 0.4) is 0 Å². The zero-order valence-corrected chi connectivity index (χ0v) is 14.8. The van der Waals surface area contributed by atoms with E-state index in [2.05, 4.69) is 14.8 Å². The third kappa shape index (κ3) is 3.88. The van der Waals surface area contributed by atoms with Crippen molar-refractivity contribution in [2.24, 2.45) is 0 Å². The van der Waals surface area contributed by atoms with Crippen molar-refractivity contribution < 1.29 is 22.3 Å².